The lowest BCUT2D eigenvalue weighted by Crippen LogP contribution is -2.45. The Morgan fingerprint density at radius 3 is 2.95 bits per heavy atom. The maximum absolute atomic E-state index is 12.5. The first-order chi connectivity index (χ1) is 9.61. The number of carbonyl (C=O) groups is 1. The Balaban J connectivity index is 1.82. The number of halogens is 1. The van der Waals surface area contributed by atoms with Gasteiger partial charge in [0.2, 0.25) is 5.43 Å². The molecule has 1 amide bonds. The third-order valence-electron chi connectivity index (χ3n) is 4.07. The third kappa shape index (κ3) is 2.42. The van der Waals surface area contributed by atoms with E-state index in [2.05, 4.69) is 20.9 Å². The Labute approximate surface area is 125 Å². The lowest BCUT2D eigenvalue weighted by molar-refractivity contribution is -0.144. The molecule has 3 rings (SSSR count). The van der Waals surface area contributed by atoms with Gasteiger partial charge in [0.15, 0.2) is 0 Å². The lowest BCUT2D eigenvalue weighted by atomic mass is 10.0. The van der Waals surface area contributed by atoms with E-state index in [4.69, 9.17) is 4.74 Å². The van der Waals surface area contributed by atoms with Gasteiger partial charge in [0.05, 0.1) is 11.0 Å². The Morgan fingerprint density at radius 1 is 1.55 bits per heavy atom. The number of H-pyrrole nitrogens is 1. The zero-order valence-corrected chi connectivity index (χ0v) is 12.9. The SMILES string of the molecule is COC(C(=O)N1CCc2[nH]cc(Br)c(=O)c2C1)C1CC1. The largest absolute Gasteiger partial charge is 0.371 e. The van der Waals surface area contributed by atoms with Crippen LogP contribution in [-0.2, 0) is 22.5 Å². The lowest BCUT2D eigenvalue weighted by Gasteiger charge is -2.31. The second-order valence-electron chi connectivity index (χ2n) is 5.43. The number of carbonyl (C=O) groups excluding carboxylic acids is 1. The number of pyridine rings is 1. The minimum atomic E-state index is -0.345. The zero-order chi connectivity index (χ0) is 14.3. The van der Waals surface area contributed by atoms with Crippen LogP contribution in [0.5, 0.6) is 0 Å². The smallest absolute Gasteiger partial charge is 0.252 e. The van der Waals surface area contributed by atoms with Crippen LogP contribution in [0.15, 0.2) is 15.5 Å². The first-order valence-corrected chi connectivity index (χ1v) is 7.61. The average molecular weight is 341 g/mol. The second kappa shape index (κ2) is 5.33. The van der Waals surface area contributed by atoms with Crippen LogP contribution in [0.25, 0.3) is 0 Å². The molecule has 2 heterocycles. The van der Waals surface area contributed by atoms with E-state index < -0.39 is 0 Å². The third-order valence-corrected chi connectivity index (χ3v) is 4.66. The van der Waals surface area contributed by atoms with E-state index in [0.29, 0.717) is 35.5 Å². The molecule has 108 valence electrons. The van der Waals surface area contributed by atoms with Crippen molar-refractivity contribution in [2.45, 2.75) is 31.9 Å². The molecule has 1 aliphatic carbocycles. The number of methoxy groups -OCH3 is 1. The topological polar surface area (TPSA) is 62.4 Å². The van der Waals surface area contributed by atoms with Crippen molar-refractivity contribution in [3.8, 4) is 0 Å². The first-order valence-electron chi connectivity index (χ1n) is 6.82. The van der Waals surface area contributed by atoms with Gasteiger partial charge in [-0.15, -0.1) is 0 Å². The Morgan fingerprint density at radius 2 is 2.30 bits per heavy atom. The number of ether oxygens (including phenoxy) is 1. The van der Waals surface area contributed by atoms with Crippen molar-refractivity contribution in [2.24, 2.45) is 5.92 Å². The van der Waals surface area contributed by atoms with Crippen LogP contribution < -0.4 is 5.43 Å². The van der Waals surface area contributed by atoms with E-state index in [9.17, 15) is 9.59 Å². The van der Waals surface area contributed by atoms with E-state index in [1.165, 1.54) is 0 Å². The molecule has 20 heavy (non-hydrogen) atoms. The van der Waals surface area contributed by atoms with Crippen molar-refractivity contribution < 1.29 is 9.53 Å². The van der Waals surface area contributed by atoms with Gasteiger partial charge >= 0.3 is 0 Å². The predicted octanol–water partition coefficient (Wildman–Crippen LogP) is 1.45. The van der Waals surface area contributed by atoms with Gasteiger partial charge < -0.3 is 14.6 Å². The van der Waals surface area contributed by atoms with Gasteiger partial charge in [-0.2, -0.15) is 0 Å². The van der Waals surface area contributed by atoms with Crippen LogP contribution in [0.1, 0.15) is 24.1 Å². The molecule has 5 nitrogen and oxygen atoms in total. The summed E-state index contributed by atoms with van der Waals surface area (Å²) in [5.41, 5.74) is 1.59. The summed E-state index contributed by atoms with van der Waals surface area (Å²) in [4.78, 5) is 29.5. The second-order valence-corrected chi connectivity index (χ2v) is 6.28. The molecule has 1 aromatic heterocycles. The Bertz CT molecular complexity index is 595. The van der Waals surface area contributed by atoms with Crippen LogP contribution in [-0.4, -0.2) is 35.5 Å². The summed E-state index contributed by atoms with van der Waals surface area (Å²) in [6, 6.07) is 0. The van der Waals surface area contributed by atoms with Gasteiger partial charge in [0.1, 0.15) is 6.10 Å². The number of aromatic amines is 1. The van der Waals surface area contributed by atoms with E-state index in [1.54, 1.807) is 18.2 Å². The molecule has 1 aromatic rings. The van der Waals surface area contributed by atoms with Crippen molar-refractivity contribution in [3.05, 3.63) is 32.2 Å². The maximum atomic E-state index is 12.5. The normalized spacial score (nSPS) is 19.6. The van der Waals surface area contributed by atoms with Crippen molar-refractivity contribution >= 4 is 21.8 Å². The number of hydrogen-bond donors (Lipinski definition) is 1. The number of fused-ring (bicyclic) bond motifs is 1. The first kappa shape index (κ1) is 13.8. The highest BCUT2D eigenvalue weighted by atomic mass is 79.9. The molecule has 1 N–H and O–H groups in total. The minimum absolute atomic E-state index is 0.0139. The standard InChI is InChI=1S/C14H17BrN2O3/c1-20-13(8-2-3-8)14(19)17-5-4-11-9(7-17)12(18)10(15)6-16-11/h6,8,13H,2-5,7H2,1H3,(H,16,18). The summed E-state index contributed by atoms with van der Waals surface area (Å²) in [7, 11) is 1.59. The monoisotopic (exact) mass is 340 g/mol. The van der Waals surface area contributed by atoms with Crippen LogP contribution in [0.2, 0.25) is 0 Å². The van der Waals surface area contributed by atoms with E-state index in [0.717, 1.165) is 18.5 Å². The fraction of sp³-hybridized carbons (Fsp3) is 0.571. The number of amides is 1. The Kier molecular flexibility index (Phi) is 3.69. The van der Waals surface area contributed by atoms with Crippen molar-refractivity contribution in [1.82, 2.24) is 9.88 Å². The molecule has 1 unspecified atom stereocenters. The minimum Gasteiger partial charge on any atom is -0.371 e. The van der Waals surface area contributed by atoms with Crippen LogP contribution in [0.3, 0.4) is 0 Å². The van der Waals surface area contributed by atoms with Gasteiger partial charge in [0.25, 0.3) is 5.91 Å². The van der Waals surface area contributed by atoms with Gasteiger partial charge in [-0.3, -0.25) is 9.59 Å². The molecule has 0 aromatic carbocycles. The summed E-state index contributed by atoms with van der Waals surface area (Å²) < 4.78 is 5.85. The molecule has 1 fully saturated rings. The number of aromatic nitrogens is 1. The van der Waals surface area contributed by atoms with Crippen molar-refractivity contribution in [1.29, 1.82) is 0 Å². The molecule has 1 aliphatic heterocycles. The van der Waals surface area contributed by atoms with E-state index in [-0.39, 0.29) is 17.4 Å². The molecule has 0 radical (unpaired) electrons. The fourth-order valence-corrected chi connectivity index (χ4v) is 3.11. The molecule has 2 aliphatic rings. The molecule has 1 saturated carbocycles. The maximum Gasteiger partial charge on any atom is 0.252 e. The quantitative estimate of drug-likeness (QED) is 0.905. The zero-order valence-electron chi connectivity index (χ0n) is 11.3. The average Bonchev–Trinajstić information content (AvgIpc) is 3.28. The van der Waals surface area contributed by atoms with Crippen molar-refractivity contribution in [3.63, 3.8) is 0 Å². The van der Waals surface area contributed by atoms with Gasteiger partial charge in [-0.25, -0.2) is 0 Å². The van der Waals surface area contributed by atoms with Gasteiger partial charge in [-0.1, -0.05) is 0 Å². The number of hydrogen-bond acceptors (Lipinski definition) is 3. The van der Waals surface area contributed by atoms with E-state index in [1.807, 2.05) is 0 Å². The number of rotatable bonds is 3. The van der Waals surface area contributed by atoms with Crippen LogP contribution in [0, 0.1) is 5.92 Å². The number of nitrogens with one attached hydrogen (secondary N) is 1. The molecule has 0 saturated heterocycles. The summed E-state index contributed by atoms with van der Waals surface area (Å²) >= 11 is 3.24. The molecule has 6 heteroatoms. The van der Waals surface area contributed by atoms with Crippen LogP contribution in [0.4, 0.5) is 0 Å². The summed E-state index contributed by atoms with van der Waals surface area (Å²) in [5, 5.41) is 0. The fourth-order valence-electron chi connectivity index (χ4n) is 2.75. The van der Waals surface area contributed by atoms with Crippen LogP contribution >= 0.6 is 15.9 Å². The highest BCUT2D eigenvalue weighted by molar-refractivity contribution is 9.10. The Hall–Kier alpha value is -1.14. The molecule has 0 spiro atoms. The van der Waals surface area contributed by atoms with Gasteiger partial charge in [0, 0.05) is 37.5 Å². The predicted molar refractivity (Wildman–Crippen MR) is 77.4 cm³/mol. The number of nitrogens with zero attached hydrogens (tertiary/aromatic N) is 1. The van der Waals surface area contributed by atoms with Gasteiger partial charge in [-0.05, 0) is 34.7 Å². The molecule has 1 atom stereocenters. The molecular weight excluding hydrogens is 324 g/mol. The molecular formula is C14H17BrN2O3. The highest BCUT2D eigenvalue weighted by Gasteiger charge is 2.39. The van der Waals surface area contributed by atoms with Crippen molar-refractivity contribution in [2.75, 3.05) is 13.7 Å². The highest BCUT2D eigenvalue weighted by Crippen LogP contribution is 2.35. The molecule has 0 bridgehead atoms. The summed E-state index contributed by atoms with van der Waals surface area (Å²) in [6.07, 6.45) is 4.12. The van der Waals surface area contributed by atoms with E-state index >= 15 is 0 Å². The summed E-state index contributed by atoms with van der Waals surface area (Å²) in [5.74, 6) is 0.370. The summed E-state index contributed by atoms with van der Waals surface area (Å²) in [6.45, 7) is 1.01.